The van der Waals surface area contributed by atoms with Crippen LogP contribution in [0.4, 0.5) is 0 Å². The van der Waals surface area contributed by atoms with Gasteiger partial charge in [-0.05, 0) is 62.3 Å². The van der Waals surface area contributed by atoms with Gasteiger partial charge < -0.3 is 4.57 Å². The minimum Gasteiger partial charge on any atom is -0.349 e. The van der Waals surface area contributed by atoms with E-state index in [0.717, 1.165) is 19.3 Å². The highest BCUT2D eigenvalue weighted by Gasteiger charge is 2.14. The van der Waals surface area contributed by atoms with Crippen molar-refractivity contribution in [3.05, 3.63) is 94.8 Å². The van der Waals surface area contributed by atoms with Gasteiger partial charge in [0.25, 0.3) is 0 Å². The van der Waals surface area contributed by atoms with Gasteiger partial charge in [-0.3, -0.25) is 0 Å². The lowest BCUT2D eigenvalue weighted by molar-refractivity contribution is 0.586. The first-order valence-corrected chi connectivity index (χ1v) is 8.92. The maximum absolute atomic E-state index is 2.43. The molecule has 0 N–H and O–H groups in total. The Kier molecular flexibility index (Phi) is 5.20. The van der Waals surface area contributed by atoms with Crippen LogP contribution in [-0.2, 0) is 19.3 Å². The van der Waals surface area contributed by atoms with Gasteiger partial charge in [-0.1, -0.05) is 60.7 Å². The molecule has 1 nitrogen and oxygen atoms in total. The van der Waals surface area contributed by atoms with Crippen LogP contribution in [0.3, 0.4) is 0 Å². The molecular formula is C23H27N. The molecule has 0 aliphatic rings. The summed E-state index contributed by atoms with van der Waals surface area (Å²) in [6.07, 6.45) is 5.60. The quantitative estimate of drug-likeness (QED) is 0.545. The molecule has 3 aromatic rings. The topological polar surface area (TPSA) is 4.93 Å². The van der Waals surface area contributed by atoms with Crippen molar-refractivity contribution in [1.29, 1.82) is 0 Å². The number of rotatable bonds is 6. The number of hydrogen-bond donors (Lipinski definition) is 0. The van der Waals surface area contributed by atoms with E-state index in [4.69, 9.17) is 0 Å². The third-order valence-electron chi connectivity index (χ3n) is 4.81. The standard InChI is InChI=1S/C23H27N/c1-18(2)24-17-22(16-21-12-8-5-9-13-21)23(19(24)3)15-14-20-10-6-4-7-11-20/h4-13,17-18H,14-16H2,1-3H3. The van der Waals surface area contributed by atoms with E-state index in [9.17, 15) is 0 Å². The van der Waals surface area contributed by atoms with Crippen LogP contribution in [0.5, 0.6) is 0 Å². The predicted octanol–water partition coefficient (Wildman–Crippen LogP) is 5.75. The summed E-state index contributed by atoms with van der Waals surface area (Å²) >= 11 is 0. The van der Waals surface area contributed by atoms with Crippen LogP contribution in [0.2, 0.25) is 0 Å². The van der Waals surface area contributed by atoms with Gasteiger partial charge in [0.05, 0.1) is 0 Å². The molecule has 0 aliphatic carbocycles. The van der Waals surface area contributed by atoms with Crippen molar-refractivity contribution in [1.82, 2.24) is 4.57 Å². The minimum absolute atomic E-state index is 0.505. The lowest BCUT2D eigenvalue weighted by atomic mass is 9.97. The SMILES string of the molecule is Cc1c(CCc2ccccc2)c(Cc2ccccc2)cn1C(C)C. The van der Waals surface area contributed by atoms with Crippen molar-refractivity contribution in [2.24, 2.45) is 0 Å². The van der Waals surface area contributed by atoms with Crippen molar-refractivity contribution in [2.45, 2.75) is 46.1 Å². The Morgan fingerprint density at radius 2 is 1.38 bits per heavy atom. The average Bonchev–Trinajstić information content (AvgIpc) is 2.91. The summed E-state index contributed by atoms with van der Waals surface area (Å²) in [6.45, 7) is 6.80. The van der Waals surface area contributed by atoms with Crippen molar-refractivity contribution >= 4 is 0 Å². The van der Waals surface area contributed by atoms with Gasteiger partial charge in [0.1, 0.15) is 0 Å². The maximum Gasteiger partial charge on any atom is 0.0276 e. The molecule has 0 amide bonds. The zero-order valence-corrected chi connectivity index (χ0v) is 15.0. The van der Waals surface area contributed by atoms with Crippen LogP contribution in [0.25, 0.3) is 0 Å². The van der Waals surface area contributed by atoms with E-state index in [0.29, 0.717) is 6.04 Å². The summed E-state index contributed by atoms with van der Waals surface area (Å²) in [6, 6.07) is 22.1. The Hall–Kier alpha value is -2.28. The van der Waals surface area contributed by atoms with Crippen LogP contribution >= 0.6 is 0 Å². The first kappa shape index (κ1) is 16.6. The van der Waals surface area contributed by atoms with E-state index in [2.05, 4.69) is 92.2 Å². The number of nitrogens with zero attached hydrogens (tertiary/aromatic N) is 1. The van der Waals surface area contributed by atoms with Gasteiger partial charge in [0.2, 0.25) is 0 Å². The molecule has 1 aromatic heterocycles. The molecule has 0 atom stereocenters. The highest BCUT2D eigenvalue weighted by atomic mass is 15.0. The number of benzene rings is 2. The molecule has 1 heteroatoms. The third-order valence-corrected chi connectivity index (χ3v) is 4.81. The van der Waals surface area contributed by atoms with E-state index in [1.54, 1.807) is 0 Å². The molecular weight excluding hydrogens is 290 g/mol. The van der Waals surface area contributed by atoms with Gasteiger partial charge in [-0.2, -0.15) is 0 Å². The number of hydrogen-bond acceptors (Lipinski definition) is 0. The second kappa shape index (κ2) is 7.53. The normalized spacial score (nSPS) is 11.2. The smallest absolute Gasteiger partial charge is 0.0276 e. The Morgan fingerprint density at radius 1 is 0.792 bits per heavy atom. The third kappa shape index (κ3) is 3.79. The van der Waals surface area contributed by atoms with Crippen LogP contribution in [0.1, 0.15) is 47.8 Å². The largest absolute Gasteiger partial charge is 0.349 e. The summed E-state index contributed by atoms with van der Waals surface area (Å²) < 4.78 is 2.43. The van der Waals surface area contributed by atoms with Crippen molar-refractivity contribution in [3.8, 4) is 0 Å². The number of aromatic nitrogens is 1. The molecule has 2 aromatic carbocycles. The average molecular weight is 317 g/mol. The summed E-state index contributed by atoms with van der Waals surface area (Å²) in [5.74, 6) is 0. The van der Waals surface area contributed by atoms with Crippen LogP contribution in [0, 0.1) is 6.92 Å². The molecule has 124 valence electrons. The minimum atomic E-state index is 0.505. The fourth-order valence-corrected chi connectivity index (χ4v) is 3.49. The Balaban J connectivity index is 1.87. The van der Waals surface area contributed by atoms with Gasteiger partial charge in [0.15, 0.2) is 0 Å². The summed E-state index contributed by atoms with van der Waals surface area (Å²) in [4.78, 5) is 0. The highest BCUT2D eigenvalue weighted by Crippen LogP contribution is 2.25. The molecule has 0 saturated heterocycles. The lowest BCUT2D eigenvalue weighted by Gasteiger charge is -2.11. The first-order chi connectivity index (χ1) is 11.6. The Labute approximate surface area is 146 Å². The van der Waals surface area contributed by atoms with Gasteiger partial charge in [0, 0.05) is 17.9 Å². The number of aryl methyl sites for hydroxylation is 1. The molecule has 0 radical (unpaired) electrons. The molecule has 0 unspecified atom stereocenters. The van der Waals surface area contributed by atoms with Crippen molar-refractivity contribution in [2.75, 3.05) is 0 Å². The molecule has 3 rings (SSSR count). The second-order valence-corrected chi connectivity index (χ2v) is 6.87. The van der Waals surface area contributed by atoms with Crippen LogP contribution < -0.4 is 0 Å². The molecule has 0 aliphatic heterocycles. The van der Waals surface area contributed by atoms with Crippen LogP contribution in [0.15, 0.2) is 66.9 Å². The zero-order chi connectivity index (χ0) is 16.9. The van der Waals surface area contributed by atoms with Crippen LogP contribution in [-0.4, -0.2) is 4.57 Å². The van der Waals surface area contributed by atoms with E-state index in [1.807, 2.05) is 0 Å². The monoisotopic (exact) mass is 317 g/mol. The summed E-state index contributed by atoms with van der Waals surface area (Å²) in [5, 5.41) is 0. The van der Waals surface area contributed by atoms with E-state index < -0.39 is 0 Å². The molecule has 0 saturated carbocycles. The molecule has 0 fully saturated rings. The van der Waals surface area contributed by atoms with Gasteiger partial charge in [-0.15, -0.1) is 0 Å². The fraction of sp³-hybridized carbons (Fsp3) is 0.304. The molecule has 0 bridgehead atoms. The lowest BCUT2D eigenvalue weighted by Crippen LogP contribution is -2.02. The maximum atomic E-state index is 2.43. The van der Waals surface area contributed by atoms with E-state index in [1.165, 1.54) is 27.9 Å². The predicted molar refractivity (Wildman–Crippen MR) is 103 cm³/mol. The van der Waals surface area contributed by atoms with E-state index >= 15 is 0 Å². The first-order valence-electron chi connectivity index (χ1n) is 8.92. The molecule has 1 heterocycles. The summed E-state index contributed by atoms with van der Waals surface area (Å²) in [5.41, 5.74) is 7.23. The van der Waals surface area contributed by atoms with E-state index in [-0.39, 0.29) is 0 Å². The zero-order valence-electron chi connectivity index (χ0n) is 15.0. The highest BCUT2D eigenvalue weighted by molar-refractivity contribution is 5.37. The molecule has 24 heavy (non-hydrogen) atoms. The van der Waals surface area contributed by atoms with Crippen molar-refractivity contribution in [3.63, 3.8) is 0 Å². The van der Waals surface area contributed by atoms with Crippen molar-refractivity contribution < 1.29 is 0 Å². The van der Waals surface area contributed by atoms with Gasteiger partial charge >= 0.3 is 0 Å². The van der Waals surface area contributed by atoms with Gasteiger partial charge in [-0.25, -0.2) is 0 Å². The summed E-state index contributed by atoms with van der Waals surface area (Å²) in [7, 11) is 0. The Morgan fingerprint density at radius 3 is 1.96 bits per heavy atom. The fourth-order valence-electron chi connectivity index (χ4n) is 3.49. The Bertz CT molecular complexity index is 767. The molecule has 0 spiro atoms. The second-order valence-electron chi connectivity index (χ2n) is 6.87.